The molecule has 250 valence electrons. The van der Waals surface area contributed by atoms with Crippen LogP contribution in [0, 0.1) is 0 Å². The molecule has 0 saturated heterocycles. The van der Waals surface area contributed by atoms with Crippen molar-refractivity contribution in [2.75, 3.05) is 38.0 Å². The molecule has 0 spiro atoms. The molecule has 0 radical (unpaired) electrons. The summed E-state index contributed by atoms with van der Waals surface area (Å²) in [4.78, 5) is 21.6. The van der Waals surface area contributed by atoms with Gasteiger partial charge in [0.15, 0.2) is 13.2 Å². The summed E-state index contributed by atoms with van der Waals surface area (Å²) >= 11 is 0. The number of benzene rings is 2. The number of methoxy groups -OCH3 is 1. The van der Waals surface area contributed by atoms with E-state index in [1.807, 2.05) is 0 Å². The normalized spacial score (nSPS) is 14.0. The number of aromatic nitrogens is 2. The van der Waals surface area contributed by atoms with E-state index < -0.39 is 68.7 Å². The molecule has 1 aliphatic heterocycles. The second kappa shape index (κ2) is 13.0. The molecule has 0 atom stereocenters. The highest BCUT2D eigenvalue weighted by atomic mass is 31.2. The fourth-order valence-corrected chi connectivity index (χ4v) is 5.82. The summed E-state index contributed by atoms with van der Waals surface area (Å²) in [5, 5.41) is 5.17. The minimum absolute atomic E-state index is 0.00313. The summed E-state index contributed by atoms with van der Waals surface area (Å²) in [6.07, 6.45) is -15.5. The summed E-state index contributed by atoms with van der Waals surface area (Å²) in [5.74, 6) is -1.66. The molecule has 0 unspecified atom stereocenters. The van der Waals surface area contributed by atoms with Gasteiger partial charge in [0.2, 0.25) is 5.95 Å². The molecule has 2 heterocycles. The number of nitrogens with zero attached hydrogens (tertiary/aromatic N) is 3. The standard InChI is InChI=1S/C26H23F9N5O5P/c1-40-10-15-4-3-5-18(20(15)22(40)41)37-21-16(26(33,34)35)9-36-23(39-21)38-17-7-6-14(8-19(17)43-2)11-46(42,44-12-24(27,28)29)45-13-25(30,31)32/h3-9H,10-13H2,1-2H3,(H2,36,37,38,39). The Morgan fingerprint density at radius 3 is 2.17 bits per heavy atom. The number of carbonyl (C=O) groups excluding carboxylic acids is 1. The number of alkyl halides is 9. The Balaban J connectivity index is 1.62. The lowest BCUT2D eigenvalue weighted by Gasteiger charge is -2.21. The van der Waals surface area contributed by atoms with E-state index in [1.165, 1.54) is 24.1 Å². The van der Waals surface area contributed by atoms with Crippen LogP contribution in [0.1, 0.15) is 27.0 Å². The van der Waals surface area contributed by atoms with Crippen molar-refractivity contribution in [1.82, 2.24) is 14.9 Å². The zero-order valence-corrected chi connectivity index (χ0v) is 24.5. The van der Waals surface area contributed by atoms with Gasteiger partial charge in [-0.15, -0.1) is 0 Å². The molecule has 2 aromatic carbocycles. The van der Waals surface area contributed by atoms with Gasteiger partial charge in [-0.05, 0) is 29.3 Å². The van der Waals surface area contributed by atoms with Crippen LogP contribution >= 0.6 is 7.60 Å². The Bertz CT molecular complexity index is 1630. The van der Waals surface area contributed by atoms with Crippen LogP contribution in [0.25, 0.3) is 0 Å². The molecule has 4 rings (SSSR count). The number of hydrogen-bond acceptors (Lipinski definition) is 9. The van der Waals surface area contributed by atoms with Crippen molar-refractivity contribution >= 4 is 36.6 Å². The predicted molar refractivity (Wildman–Crippen MR) is 144 cm³/mol. The third-order valence-corrected chi connectivity index (χ3v) is 8.00. The number of rotatable bonds is 11. The van der Waals surface area contributed by atoms with Crippen LogP contribution in [0.3, 0.4) is 0 Å². The van der Waals surface area contributed by atoms with Gasteiger partial charge >= 0.3 is 26.1 Å². The van der Waals surface area contributed by atoms with Crippen molar-refractivity contribution in [1.29, 1.82) is 0 Å². The number of carbonyl (C=O) groups is 1. The van der Waals surface area contributed by atoms with Gasteiger partial charge in [0, 0.05) is 19.8 Å². The largest absolute Gasteiger partial charge is 0.495 e. The van der Waals surface area contributed by atoms with Gasteiger partial charge in [0.1, 0.15) is 17.1 Å². The van der Waals surface area contributed by atoms with E-state index in [4.69, 9.17) is 4.74 Å². The average molecular weight is 687 g/mol. The highest BCUT2D eigenvalue weighted by Gasteiger charge is 2.39. The Kier molecular flexibility index (Phi) is 9.80. The molecule has 1 amide bonds. The van der Waals surface area contributed by atoms with Crippen LogP contribution in [0.2, 0.25) is 0 Å². The zero-order chi connectivity index (χ0) is 34.1. The number of halogens is 9. The van der Waals surface area contributed by atoms with E-state index >= 15 is 0 Å². The maximum absolute atomic E-state index is 13.9. The smallest absolute Gasteiger partial charge is 0.421 e. The van der Waals surface area contributed by atoms with Gasteiger partial charge < -0.3 is 20.3 Å². The van der Waals surface area contributed by atoms with Crippen molar-refractivity contribution in [3.8, 4) is 5.75 Å². The van der Waals surface area contributed by atoms with E-state index in [2.05, 4.69) is 29.6 Å². The van der Waals surface area contributed by atoms with Crippen LogP contribution in [0.4, 0.5) is 62.7 Å². The van der Waals surface area contributed by atoms with Gasteiger partial charge in [-0.1, -0.05) is 18.2 Å². The first-order valence-electron chi connectivity index (χ1n) is 12.8. The molecule has 46 heavy (non-hydrogen) atoms. The van der Waals surface area contributed by atoms with Crippen LogP contribution in [0.15, 0.2) is 42.6 Å². The molecular weight excluding hydrogens is 664 g/mol. The summed E-state index contributed by atoms with van der Waals surface area (Å²) in [7, 11) is -2.34. The quantitative estimate of drug-likeness (QED) is 0.157. The first-order valence-corrected chi connectivity index (χ1v) is 14.5. The second-order valence-electron chi connectivity index (χ2n) is 9.79. The number of fused-ring (bicyclic) bond motifs is 1. The number of nitrogens with one attached hydrogen (secondary N) is 2. The van der Waals surface area contributed by atoms with Gasteiger partial charge in [-0.2, -0.15) is 44.5 Å². The third kappa shape index (κ3) is 8.79. The molecule has 1 aromatic heterocycles. The molecule has 20 heteroatoms. The highest BCUT2D eigenvalue weighted by Crippen LogP contribution is 2.53. The molecule has 0 saturated carbocycles. The summed E-state index contributed by atoms with van der Waals surface area (Å²) < 4.78 is 144. The van der Waals surface area contributed by atoms with Gasteiger partial charge in [0.05, 0.1) is 30.2 Å². The molecule has 1 aliphatic rings. The second-order valence-corrected chi connectivity index (χ2v) is 11.8. The summed E-state index contributed by atoms with van der Waals surface area (Å²) in [6, 6.07) is 8.00. The Labute approximate surface area is 254 Å². The molecule has 0 fully saturated rings. The van der Waals surface area contributed by atoms with Gasteiger partial charge in [-0.25, -0.2) is 4.98 Å². The van der Waals surface area contributed by atoms with E-state index in [9.17, 15) is 48.9 Å². The molecule has 3 aromatic rings. The molecular formula is C26H23F9N5O5P. The topological polar surface area (TPSA) is 115 Å². The Morgan fingerprint density at radius 1 is 0.935 bits per heavy atom. The Hall–Kier alpha value is -4.09. The van der Waals surface area contributed by atoms with E-state index in [1.54, 1.807) is 12.1 Å². The van der Waals surface area contributed by atoms with Gasteiger partial charge in [0.25, 0.3) is 5.91 Å². The minimum Gasteiger partial charge on any atom is -0.495 e. The predicted octanol–water partition coefficient (Wildman–Crippen LogP) is 7.43. The van der Waals surface area contributed by atoms with E-state index in [-0.39, 0.29) is 34.8 Å². The van der Waals surface area contributed by atoms with Crippen molar-refractivity contribution in [2.24, 2.45) is 0 Å². The fourth-order valence-electron chi connectivity index (χ4n) is 4.23. The molecule has 10 nitrogen and oxygen atoms in total. The van der Waals surface area contributed by atoms with E-state index in [0.29, 0.717) is 11.8 Å². The summed E-state index contributed by atoms with van der Waals surface area (Å²) in [5.41, 5.74) is -0.575. The SMILES string of the molecule is COc1cc(CP(=O)(OCC(F)(F)F)OCC(F)(F)F)ccc1Nc1ncc(C(F)(F)F)c(Nc2cccc3c2C(=O)N(C)C3)n1. The van der Waals surface area contributed by atoms with Crippen molar-refractivity contribution in [2.45, 2.75) is 31.2 Å². The van der Waals surface area contributed by atoms with Crippen molar-refractivity contribution in [3.63, 3.8) is 0 Å². The maximum atomic E-state index is 13.9. The summed E-state index contributed by atoms with van der Waals surface area (Å²) in [6.45, 7) is -4.03. The van der Waals surface area contributed by atoms with E-state index in [0.717, 1.165) is 19.2 Å². The van der Waals surface area contributed by atoms with Crippen LogP contribution in [0.5, 0.6) is 5.75 Å². The number of anilines is 4. The fraction of sp³-hybridized carbons (Fsp3) is 0.346. The lowest BCUT2D eigenvalue weighted by Crippen LogP contribution is -2.20. The van der Waals surface area contributed by atoms with Crippen LogP contribution in [-0.4, -0.2) is 60.5 Å². The lowest BCUT2D eigenvalue weighted by atomic mass is 10.1. The first-order chi connectivity index (χ1) is 21.3. The highest BCUT2D eigenvalue weighted by molar-refractivity contribution is 7.53. The number of amides is 1. The monoisotopic (exact) mass is 687 g/mol. The van der Waals surface area contributed by atoms with Crippen molar-refractivity contribution < 1.29 is 62.7 Å². The Morgan fingerprint density at radius 2 is 1.59 bits per heavy atom. The average Bonchev–Trinajstić information content (AvgIpc) is 3.24. The molecule has 0 aliphatic carbocycles. The molecule has 2 N–H and O–H groups in total. The minimum atomic E-state index is -5.02. The number of hydrogen-bond donors (Lipinski definition) is 2. The van der Waals surface area contributed by atoms with Crippen LogP contribution in [-0.2, 0) is 32.5 Å². The lowest BCUT2D eigenvalue weighted by molar-refractivity contribution is -0.165. The third-order valence-electron chi connectivity index (χ3n) is 6.20. The maximum Gasteiger partial charge on any atom is 0.421 e. The van der Waals surface area contributed by atoms with Crippen LogP contribution < -0.4 is 15.4 Å². The first kappa shape index (κ1) is 34.8. The zero-order valence-electron chi connectivity index (χ0n) is 23.6. The van der Waals surface area contributed by atoms with Gasteiger partial charge in [-0.3, -0.25) is 18.4 Å². The number of ether oxygens (including phenoxy) is 1. The van der Waals surface area contributed by atoms with Crippen molar-refractivity contribution in [3.05, 3.63) is 64.8 Å². The molecule has 0 bridgehead atoms.